The van der Waals surface area contributed by atoms with E-state index in [1.807, 2.05) is 0 Å². The number of aliphatic carboxylic acids is 1. The molecule has 0 aromatic heterocycles. The molecule has 0 fully saturated rings. The van der Waals surface area contributed by atoms with Crippen LogP contribution in [-0.4, -0.2) is 34.3 Å². The predicted molar refractivity (Wildman–Crippen MR) is 63.2 cm³/mol. The first-order valence-electron chi connectivity index (χ1n) is 5.36. The Labute approximate surface area is 103 Å². The van der Waals surface area contributed by atoms with Crippen molar-refractivity contribution >= 4 is 17.8 Å². The molecule has 1 aliphatic rings. The molecule has 92 valence electrons. The van der Waals surface area contributed by atoms with Gasteiger partial charge in [-0.05, 0) is 24.6 Å². The minimum absolute atomic E-state index is 0.00134. The highest BCUT2D eigenvalue weighted by atomic mass is 16.4. The highest BCUT2D eigenvalue weighted by molar-refractivity contribution is 6.21. The molecule has 0 saturated heterocycles. The maximum atomic E-state index is 12.0. The number of carboxylic acids is 1. The summed E-state index contributed by atoms with van der Waals surface area (Å²) < 4.78 is 0. The first kappa shape index (κ1) is 12.0. The molecule has 1 aromatic rings. The van der Waals surface area contributed by atoms with Crippen LogP contribution >= 0.6 is 0 Å². The van der Waals surface area contributed by atoms with Crippen LogP contribution in [0.1, 0.15) is 27.6 Å². The molecule has 0 unspecified atom stereocenters. The summed E-state index contributed by atoms with van der Waals surface area (Å²) in [6.45, 7) is 1.57. The zero-order valence-electron chi connectivity index (χ0n) is 9.71. The van der Waals surface area contributed by atoms with Crippen LogP contribution in [-0.2, 0) is 4.79 Å². The van der Waals surface area contributed by atoms with Gasteiger partial charge in [0.2, 0.25) is 0 Å². The number of rotatable bonds is 3. The lowest BCUT2D eigenvalue weighted by atomic mass is 10.1. The Morgan fingerprint density at radius 1 is 1.22 bits per heavy atom. The first-order valence-corrected chi connectivity index (χ1v) is 5.36. The third-order valence-corrected chi connectivity index (χ3v) is 2.66. The van der Waals surface area contributed by atoms with E-state index in [0.717, 1.165) is 11.0 Å². The van der Waals surface area contributed by atoms with Crippen molar-refractivity contribution in [3.63, 3.8) is 0 Å². The minimum atomic E-state index is -1.09. The lowest BCUT2D eigenvalue weighted by Gasteiger charge is -2.13. The Balaban J connectivity index is 2.27. The van der Waals surface area contributed by atoms with Gasteiger partial charge >= 0.3 is 5.97 Å². The molecule has 0 aliphatic carbocycles. The normalized spacial score (nSPS) is 14.9. The number of hydrogen-bond donors (Lipinski definition) is 1. The van der Waals surface area contributed by atoms with E-state index in [4.69, 9.17) is 5.11 Å². The number of fused-ring (bicyclic) bond motifs is 1. The van der Waals surface area contributed by atoms with Crippen molar-refractivity contribution in [2.75, 3.05) is 6.54 Å². The standard InChI is InChI=1S/C13H11NO4/c1-8(6-11(15)16)7-14-12(17)9-4-2-3-5-10(9)13(14)18/h2-6H,7H2,1H3,(H,15,16)/b8-6-. The molecule has 1 heterocycles. The number of nitrogens with zero attached hydrogens (tertiary/aromatic N) is 1. The van der Waals surface area contributed by atoms with Gasteiger partial charge in [-0.1, -0.05) is 12.1 Å². The summed E-state index contributed by atoms with van der Waals surface area (Å²) in [6, 6.07) is 6.55. The van der Waals surface area contributed by atoms with Crippen LogP contribution in [0.3, 0.4) is 0 Å². The Kier molecular flexibility index (Phi) is 2.97. The fourth-order valence-electron chi connectivity index (χ4n) is 1.89. The summed E-state index contributed by atoms with van der Waals surface area (Å²) in [4.78, 5) is 35.5. The number of amides is 2. The quantitative estimate of drug-likeness (QED) is 0.643. The summed E-state index contributed by atoms with van der Waals surface area (Å²) in [5.74, 6) is -1.86. The van der Waals surface area contributed by atoms with Crippen LogP contribution in [0.25, 0.3) is 0 Å². The second kappa shape index (κ2) is 4.44. The van der Waals surface area contributed by atoms with Crippen LogP contribution < -0.4 is 0 Å². The van der Waals surface area contributed by atoms with E-state index in [-0.39, 0.29) is 18.4 Å². The van der Waals surface area contributed by atoms with Gasteiger partial charge in [0.05, 0.1) is 17.7 Å². The second-order valence-corrected chi connectivity index (χ2v) is 4.07. The van der Waals surface area contributed by atoms with Crippen molar-refractivity contribution in [3.05, 3.63) is 47.0 Å². The Morgan fingerprint density at radius 2 is 1.72 bits per heavy atom. The molecular formula is C13H11NO4. The SMILES string of the molecule is C/C(=C/C(=O)O)CN1C(=O)c2ccccc2C1=O. The summed E-state index contributed by atoms with van der Waals surface area (Å²) in [5.41, 5.74) is 1.17. The van der Waals surface area contributed by atoms with Crippen LogP contribution in [0.4, 0.5) is 0 Å². The highest BCUT2D eigenvalue weighted by Gasteiger charge is 2.34. The van der Waals surface area contributed by atoms with E-state index >= 15 is 0 Å². The lowest BCUT2D eigenvalue weighted by Crippen LogP contribution is -2.31. The number of hydrogen-bond acceptors (Lipinski definition) is 3. The summed E-state index contributed by atoms with van der Waals surface area (Å²) in [5, 5.41) is 8.60. The average molecular weight is 245 g/mol. The fraction of sp³-hybridized carbons (Fsp3) is 0.154. The average Bonchev–Trinajstić information content (AvgIpc) is 2.54. The zero-order valence-corrected chi connectivity index (χ0v) is 9.71. The van der Waals surface area contributed by atoms with Crippen LogP contribution in [0.2, 0.25) is 0 Å². The monoisotopic (exact) mass is 245 g/mol. The molecule has 2 amide bonds. The third-order valence-electron chi connectivity index (χ3n) is 2.66. The van der Waals surface area contributed by atoms with E-state index < -0.39 is 5.97 Å². The Morgan fingerprint density at radius 3 is 2.17 bits per heavy atom. The molecule has 18 heavy (non-hydrogen) atoms. The predicted octanol–water partition coefficient (Wildman–Crippen LogP) is 1.31. The molecular weight excluding hydrogens is 234 g/mol. The molecule has 0 bridgehead atoms. The van der Waals surface area contributed by atoms with Crippen LogP contribution in [0, 0.1) is 0 Å². The summed E-state index contributed by atoms with van der Waals surface area (Å²) in [6.07, 6.45) is 0.990. The number of carbonyl (C=O) groups excluding carboxylic acids is 2. The maximum Gasteiger partial charge on any atom is 0.328 e. The fourth-order valence-corrected chi connectivity index (χ4v) is 1.89. The van der Waals surface area contributed by atoms with Gasteiger partial charge < -0.3 is 5.11 Å². The number of imide groups is 1. The molecule has 1 aliphatic heterocycles. The largest absolute Gasteiger partial charge is 0.478 e. The summed E-state index contributed by atoms with van der Waals surface area (Å²) in [7, 11) is 0. The van der Waals surface area contributed by atoms with E-state index in [1.165, 1.54) is 0 Å². The number of benzene rings is 1. The van der Waals surface area contributed by atoms with Gasteiger partial charge in [0, 0.05) is 6.08 Å². The molecule has 2 rings (SSSR count). The van der Waals surface area contributed by atoms with Crippen molar-refractivity contribution in [1.82, 2.24) is 4.90 Å². The van der Waals surface area contributed by atoms with Crippen molar-refractivity contribution in [3.8, 4) is 0 Å². The summed E-state index contributed by atoms with van der Waals surface area (Å²) >= 11 is 0. The second-order valence-electron chi connectivity index (χ2n) is 4.07. The highest BCUT2D eigenvalue weighted by Crippen LogP contribution is 2.22. The number of carboxylic acid groups (broad SMARTS) is 1. The molecule has 5 heteroatoms. The van der Waals surface area contributed by atoms with Crippen molar-refractivity contribution in [2.45, 2.75) is 6.92 Å². The van der Waals surface area contributed by atoms with Gasteiger partial charge in [-0.2, -0.15) is 0 Å². The van der Waals surface area contributed by atoms with Gasteiger partial charge in [-0.15, -0.1) is 0 Å². The molecule has 0 radical (unpaired) electrons. The van der Waals surface area contributed by atoms with Crippen molar-refractivity contribution < 1.29 is 19.5 Å². The molecule has 0 saturated carbocycles. The number of carbonyl (C=O) groups is 3. The van der Waals surface area contributed by atoms with Gasteiger partial charge in [0.1, 0.15) is 0 Å². The van der Waals surface area contributed by atoms with Gasteiger partial charge in [-0.3, -0.25) is 14.5 Å². The first-order chi connectivity index (χ1) is 8.50. The molecule has 0 atom stereocenters. The smallest absolute Gasteiger partial charge is 0.328 e. The lowest BCUT2D eigenvalue weighted by molar-refractivity contribution is -0.131. The molecule has 0 spiro atoms. The third kappa shape index (κ3) is 2.02. The zero-order chi connectivity index (χ0) is 13.3. The van der Waals surface area contributed by atoms with Crippen LogP contribution in [0.15, 0.2) is 35.9 Å². The van der Waals surface area contributed by atoms with E-state index in [1.54, 1.807) is 31.2 Å². The van der Waals surface area contributed by atoms with Crippen molar-refractivity contribution in [2.24, 2.45) is 0 Å². The molecule has 1 N–H and O–H groups in total. The topological polar surface area (TPSA) is 74.7 Å². The maximum absolute atomic E-state index is 12.0. The minimum Gasteiger partial charge on any atom is -0.478 e. The van der Waals surface area contributed by atoms with E-state index in [9.17, 15) is 14.4 Å². The Bertz CT molecular complexity index is 539. The van der Waals surface area contributed by atoms with E-state index in [2.05, 4.69) is 0 Å². The van der Waals surface area contributed by atoms with Gasteiger partial charge in [-0.25, -0.2) is 4.79 Å². The van der Waals surface area contributed by atoms with E-state index in [0.29, 0.717) is 16.7 Å². The molecule has 1 aromatic carbocycles. The Hall–Kier alpha value is -2.43. The van der Waals surface area contributed by atoms with Crippen LogP contribution in [0.5, 0.6) is 0 Å². The van der Waals surface area contributed by atoms with Crippen molar-refractivity contribution in [1.29, 1.82) is 0 Å². The van der Waals surface area contributed by atoms with Gasteiger partial charge in [0.15, 0.2) is 0 Å². The molecule has 5 nitrogen and oxygen atoms in total. The van der Waals surface area contributed by atoms with Gasteiger partial charge in [0.25, 0.3) is 11.8 Å².